The van der Waals surface area contributed by atoms with Gasteiger partial charge in [-0.1, -0.05) is 0 Å². The molecule has 0 heterocycles. The van der Waals surface area contributed by atoms with E-state index in [4.69, 9.17) is 0 Å². The Morgan fingerprint density at radius 1 is 1.25 bits per heavy atom. The molecule has 0 aliphatic heterocycles. The molecule has 1 rings (SSSR count). The van der Waals surface area contributed by atoms with Gasteiger partial charge in [0.25, 0.3) is 0 Å². The molecule has 64 valence electrons. The van der Waals surface area contributed by atoms with Crippen LogP contribution in [0, 0.1) is 0 Å². The van der Waals surface area contributed by atoms with Crippen molar-refractivity contribution in [3.05, 3.63) is 41.9 Å². The fraction of sp³-hybridized carbons (Fsp3) is 0. The molecule has 0 spiro atoms. The van der Waals surface area contributed by atoms with Gasteiger partial charge in [0.05, 0.1) is 0 Å². The van der Waals surface area contributed by atoms with Crippen LogP contribution in [0.25, 0.3) is 0 Å². The molecule has 0 aromatic heterocycles. The van der Waals surface area contributed by atoms with Gasteiger partial charge >= 0.3 is 77.3 Å². The minimum atomic E-state index is -3.07. The molecule has 1 aromatic rings. The van der Waals surface area contributed by atoms with Crippen molar-refractivity contribution in [2.24, 2.45) is 0 Å². The molecular formula is C8H8O2SSe. The molecule has 0 radical (unpaired) electrons. The van der Waals surface area contributed by atoms with E-state index in [1.165, 1.54) is 4.97 Å². The summed E-state index contributed by atoms with van der Waals surface area (Å²) in [5, 5.41) is 0. The quantitative estimate of drug-likeness (QED) is 0.753. The minimum absolute atomic E-state index is 0.380. The summed E-state index contributed by atoms with van der Waals surface area (Å²) >= 11 is -0.547. The predicted molar refractivity (Wildman–Crippen MR) is 49.6 cm³/mol. The fourth-order valence-electron chi connectivity index (χ4n) is 0.732. The van der Waals surface area contributed by atoms with Gasteiger partial charge < -0.3 is 0 Å². The summed E-state index contributed by atoms with van der Waals surface area (Å²) in [7, 11) is -3.07. The van der Waals surface area contributed by atoms with Gasteiger partial charge in [-0.15, -0.1) is 0 Å². The number of benzene rings is 1. The SMILES string of the molecule is C=C[Se]S(=O)(=O)c1ccccc1. The standard InChI is InChI=1S/C8H8O2SSe/c1-2-12-11(9,10)8-6-4-3-5-7-8/h2-7H,1H2. The van der Waals surface area contributed by atoms with Crippen LogP contribution < -0.4 is 0 Å². The van der Waals surface area contributed by atoms with Crippen LogP contribution in [0.3, 0.4) is 0 Å². The molecule has 0 saturated heterocycles. The molecule has 1 aromatic carbocycles. The van der Waals surface area contributed by atoms with Crippen LogP contribution in [0.15, 0.2) is 46.8 Å². The van der Waals surface area contributed by atoms with Crippen LogP contribution >= 0.6 is 0 Å². The summed E-state index contributed by atoms with van der Waals surface area (Å²) in [4.78, 5) is 1.83. The van der Waals surface area contributed by atoms with E-state index in [1.54, 1.807) is 30.3 Å². The molecule has 0 aliphatic rings. The fourth-order valence-corrected chi connectivity index (χ4v) is 4.04. The molecule has 2 nitrogen and oxygen atoms in total. The summed E-state index contributed by atoms with van der Waals surface area (Å²) in [5.74, 6) is 0. The van der Waals surface area contributed by atoms with Gasteiger partial charge in [0.2, 0.25) is 0 Å². The van der Waals surface area contributed by atoms with Gasteiger partial charge in [0, 0.05) is 0 Å². The second-order valence-electron chi connectivity index (χ2n) is 2.03. The predicted octanol–water partition coefficient (Wildman–Crippen LogP) is 1.22. The molecule has 12 heavy (non-hydrogen) atoms. The molecular weight excluding hydrogens is 239 g/mol. The Morgan fingerprint density at radius 3 is 2.33 bits per heavy atom. The van der Waals surface area contributed by atoms with Crippen molar-refractivity contribution in [2.75, 3.05) is 0 Å². The first-order valence-electron chi connectivity index (χ1n) is 3.26. The Morgan fingerprint density at radius 2 is 1.83 bits per heavy atom. The average Bonchev–Trinajstić information content (AvgIpc) is 2.06. The van der Waals surface area contributed by atoms with Crippen LogP contribution in [0.5, 0.6) is 0 Å². The first kappa shape index (κ1) is 9.52. The van der Waals surface area contributed by atoms with Crippen molar-refractivity contribution in [3.63, 3.8) is 0 Å². The van der Waals surface area contributed by atoms with E-state index in [-0.39, 0.29) is 0 Å². The topological polar surface area (TPSA) is 34.1 Å². The number of hydrogen-bond acceptors (Lipinski definition) is 2. The third-order valence-corrected chi connectivity index (χ3v) is 6.13. The average molecular weight is 247 g/mol. The molecule has 0 amide bonds. The van der Waals surface area contributed by atoms with Crippen LogP contribution in [0.2, 0.25) is 0 Å². The van der Waals surface area contributed by atoms with Gasteiger partial charge in [0.15, 0.2) is 0 Å². The van der Waals surface area contributed by atoms with Gasteiger partial charge in [-0.25, -0.2) is 0 Å². The summed E-state index contributed by atoms with van der Waals surface area (Å²) in [5.41, 5.74) is 0. The molecule has 0 unspecified atom stereocenters. The van der Waals surface area contributed by atoms with E-state index in [0.717, 1.165) is 0 Å². The third kappa shape index (κ3) is 2.21. The summed E-state index contributed by atoms with van der Waals surface area (Å²) < 4.78 is 22.8. The van der Waals surface area contributed by atoms with E-state index < -0.39 is 22.1 Å². The Bertz CT molecular complexity index is 356. The van der Waals surface area contributed by atoms with E-state index >= 15 is 0 Å². The molecule has 0 fully saturated rings. The molecule has 0 bridgehead atoms. The van der Waals surface area contributed by atoms with Crippen molar-refractivity contribution in [1.29, 1.82) is 0 Å². The molecule has 4 heteroatoms. The van der Waals surface area contributed by atoms with Crippen LogP contribution in [0.1, 0.15) is 0 Å². The number of rotatable bonds is 3. The Labute approximate surface area is 77.4 Å². The van der Waals surface area contributed by atoms with Crippen LogP contribution in [-0.4, -0.2) is 22.3 Å². The van der Waals surface area contributed by atoms with Gasteiger partial charge in [-0.2, -0.15) is 0 Å². The van der Waals surface area contributed by atoms with E-state index in [9.17, 15) is 8.42 Å². The summed E-state index contributed by atoms with van der Waals surface area (Å²) in [6, 6.07) is 8.42. The van der Waals surface area contributed by atoms with Crippen molar-refractivity contribution < 1.29 is 8.42 Å². The maximum atomic E-state index is 11.4. The zero-order valence-corrected chi connectivity index (χ0v) is 8.83. The summed E-state index contributed by atoms with van der Waals surface area (Å²) in [6.07, 6.45) is 0. The number of hydrogen-bond donors (Lipinski definition) is 0. The first-order chi connectivity index (χ1) is 5.67. The van der Waals surface area contributed by atoms with Gasteiger partial charge in [-0.05, 0) is 0 Å². The van der Waals surface area contributed by atoms with Crippen molar-refractivity contribution in [1.82, 2.24) is 0 Å². The second kappa shape index (κ2) is 3.90. The van der Waals surface area contributed by atoms with Crippen molar-refractivity contribution in [2.45, 2.75) is 4.90 Å². The van der Waals surface area contributed by atoms with Crippen LogP contribution in [-0.2, 0) is 8.26 Å². The summed E-state index contributed by atoms with van der Waals surface area (Å²) in [6.45, 7) is 3.42. The van der Waals surface area contributed by atoms with Gasteiger partial charge in [-0.3, -0.25) is 0 Å². The van der Waals surface area contributed by atoms with E-state index in [2.05, 4.69) is 6.58 Å². The third-order valence-electron chi connectivity index (χ3n) is 1.23. The maximum absolute atomic E-state index is 11.4. The van der Waals surface area contributed by atoms with E-state index in [1.807, 2.05) is 0 Å². The van der Waals surface area contributed by atoms with Crippen LogP contribution in [0.4, 0.5) is 0 Å². The van der Waals surface area contributed by atoms with E-state index in [0.29, 0.717) is 4.90 Å². The molecule has 0 saturated carbocycles. The van der Waals surface area contributed by atoms with Crippen molar-refractivity contribution >= 4 is 22.1 Å². The Balaban J connectivity index is 3.07. The zero-order chi connectivity index (χ0) is 9.03. The zero-order valence-electron chi connectivity index (χ0n) is 6.30. The normalized spacial score (nSPS) is 11.0. The molecule has 0 atom stereocenters. The molecule has 0 aliphatic carbocycles. The monoisotopic (exact) mass is 248 g/mol. The second-order valence-corrected chi connectivity index (χ2v) is 8.27. The Hall–Kier alpha value is -0.571. The Kier molecular flexibility index (Phi) is 3.09. The van der Waals surface area contributed by atoms with Gasteiger partial charge in [0.1, 0.15) is 0 Å². The first-order valence-corrected chi connectivity index (χ1v) is 7.75. The molecule has 0 N–H and O–H groups in total. The van der Waals surface area contributed by atoms with Crippen molar-refractivity contribution in [3.8, 4) is 0 Å².